The Morgan fingerprint density at radius 2 is 2.35 bits per heavy atom. The summed E-state index contributed by atoms with van der Waals surface area (Å²) in [5.74, 6) is 1.73. The predicted octanol–water partition coefficient (Wildman–Crippen LogP) is 0.624. The van der Waals surface area contributed by atoms with Crippen molar-refractivity contribution in [2.24, 2.45) is 10.7 Å². The minimum absolute atomic E-state index is 0. The van der Waals surface area contributed by atoms with Gasteiger partial charge in [0.2, 0.25) is 5.88 Å². The lowest BCUT2D eigenvalue weighted by atomic mass is 10.2. The summed E-state index contributed by atoms with van der Waals surface area (Å²) in [5, 5.41) is 0. The Hall–Kier alpha value is -1.12. The molecular formula is C10H16IN5O. The lowest BCUT2D eigenvalue weighted by Crippen LogP contribution is -2.46. The third-order valence-electron chi connectivity index (χ3n) is 2.45. The molecular weight excluding hydrogens is 333 g/mol. The molecule has 2 heterocycles. The van der Waals surface area contributed by atoms with Crippen molar-refractivity contribution in [2.75, 3.05) is 20.2 Å². The number of nitrogens with zero attached hydrogens (tertiary/aromatic N) is 4. The molecule has 0 bridgehead atoms. The van der Waals surface area contributed by atoms with Crippen LogP contribution in [0, 0.1) is 0 Å². The molecule has 1 aliphatic heterocycles. The molecule has 0 saturated carbocycles. The maximum atomic E-state index is 5.79. The first-order valence-electron chi connectivity index (χ1n) is 5.20. The minimum atomic E-state index is 0. The van der Waals surface area contributed by atoms with Gasteiger partial charge in [-0.25, -0.2) is 9.98 Å². The second-order valence-electron chi connectivity index (χ2n) is 3.53. The zero-order valence-electron chi connectivity index (χ0n) is 9.67. The molecule has 1 aliphatic rings. The molecule has 0 aliphatic carbocycles. The van der Waals surface area contributed by atoms with Gasteiger partial charge in [-0.2, -0.15) is 4.98 Å². The number of methoxy groups -OCH3 is 1. The maximum absolute atomic E-state index is 5.79. The van der Waals surface area contributed by atoms with Gasteiger partial charge >= 0.3 is 0 Å². The third kappa shape index (κ3) is 3.69. The van der Waals surface area contributed by atoms with Gasteiger partial charge in [-0.05, 0) is 6.42 Å². The molecule has 0 spiro atoms. The van der Waals surface area contributed by atoms with E-state index in [0.717, 1.165) is 13.1 Å². The fourth-order valence-corrected chi connectivity index (χ4v) is 1.37. The van der Waals surface area contributed by atoms with Gasteiger partial charge in [0.1, 0.15) is 6.54 Å². The second-order valence-corrected chi connectivity index (χ2v) is 3.53. The number of hydrogen-bond donors (Lipinski definition) is 1. The van der Waals surface area contributed by atoms with E-state index in [1.165, 1.54) is 6.42 Å². The highest BCUT2D eigenvalue weighted by atomic mass is 127. The molecule has 2 N–H and O–H groups in total. The number of halogens is 1. The first kappa shape index (κ1) is 13.9. The summed E-state index contributed by atoms with van der Waals surface area (Å²) >= 11 is 0. The number of ether oxygens (including phenoxy) is 1. The van der Waals surface area contributed by atoms with E-state index < -0.39 is 0 Å². The molecule has 2 rings (SSSR count). The number of rotatable bonds is 3. The Balaban J connectivity index is 0.00000144. The summed E-state index contributed by atoms with van der Waals surface area (Å²) < 4.78 is 5.00. The van der Waals surface area contributed by atoms with Gasteiger partial charge < -0.3 is 15.4 Å². The van der Waals surface area contributed by atoms with Crippen molar-refractivity contribution in [1.29, 1.82) is 0 Å². The zero-order chi connectivity index (χ0) is 11.4. The number of hydrogen-bond acceptors (Lipinski definition) is 4. The Morgan fingerprint density at radius 1 is 1.59 bits per heavy atom. The van der Waals surface area contributed by atoms with Gasteiger partial charge in [-0.3, -0.25) is 0 Å². The summed E-state index contributed by atoms with van der Waals surface area (Å²) in [6.45, 7) is 2.38. The van der Waals surface area contributed by atoms with E-state index in [1.54, 1.807) is 19.4 Å². The van der Waals surface area contributed by atoms with Crippen LogP contribution in [0.1, 0.15) is 12.2 Å². The quantitative estimate of drug-likeness (QED) is 0.492. The predicted molar refractivity (Wildman–Crippen MR) is 75.5 cm³/mol. The van der Waals surface area contributed by atoms with E-state index in [-0.39, 0.29) is 24.0 Å². The molecule has 0 aromatic carbocycles. The first-order chi connectivity index (χ1) is 7.79. The molecule has 1 fully saturated rings. The Bertz CT molecular complexity index is 394. The van der Waals surface area contributed by atoms with E-state index in [2.05, 4.69) is 15.0 Å². The van der Waals surface area contributed by atoms with Gasteiger partial charge in [0.15, 0.2) is 11.8 Å². The fourth-order valence-electron chi connectivity index (χ4n) is 1.37. The smallest absolute Gasteiger partial charge is 0.216 e. The van der Waals surface area contributed by atoms with Crippen LogP contribution < -0.4 is 10.5 Å². The van der Waals surface area contributed by atoms with Crippen molar-refractivity contribution in [3.8, 4) is 5.88 Å². The Labute approximate surface area is 117 Å². The highest BCUT2D eigenvalue weighted by Crippen LogP contribution is 2.07. The molecule has 94 valence electrons. The molecule has 17 heavy (non-hydrogen) atoms. The van der Waals surface area contributed by atoms with Gasteiger partial charge in [0.05, 0.1) is 7.11 Å². The molecule has 0 amide bonds. The monoisotopic (exact) mass is 349 g/mol. The Kier molecular flexibility index (Phi) is 5.39. The number of guanidine groups is 1. The summed E-state index contributed by atoms with van der Waals surface area (Å²) in [5.41, 5.74) is 5.79. The van der Waals surface area contributed by atoms with E-state index in [4.69, 9.17) is 10.5 Å². The third-order valence-corrected chi connectivity index (χ3v) is 2.45. The van der Waals surface area contributed by atoms with Crippen molar-refractivity contribution in [1.82, 2.24) is 14.9 Å². The SMILES string of the molecule is COc1ccnc(CN=C(N)N2CCC2)n1.I. The van der Waals surface area contributed by atoms with Crippen molar-refractivity contribution in [2.45, 2.75) is 13.0 Å². The average Bonchev–Trinajstić information content (AvgIpc) is 2.24. The van der Waals surface area contributed by atoms with Gasteiger partial charge in [0.25, 0.3) is 0 Å². The minimum Gasteiger partial charge on any atom is -0.481 e. The second kappa shape index (κ2) is 6.58. The molecule has 7 heteroatoms. The average molecular weight is 349 g/mol. The highest BCUT2D eigenvalue weighted by molar-refractivity contribution is 14.0. The molecule has 1 aromatic rings. The molecule has 1 saturated heterocycles. The molecule has 0 unspecified atom stereocenters. The summed E-state index contributed by atoms with van der Waals surface area (Å²) in [6.07, 6.45) is 2.84. The zero-order valence-corrected chi connectivity index (χ0v) is 12.0. The van der Waals surface area contributed by atoms with Crippen LogP contribution in [0.4, 0.5) is 0 Å². The maximum Gasteiger partial charge on any atom is 0.216 e. The van der Waals surface area contributed by atoms with Gasteiger partial charge in [-0.15, -0.1) is 24.0 Å². The van der Waals surface area contributed by atoms with Gasteiger partial charge in [-0.1, -0.05) is 0 Å². The highest BCUT2D eigenvalue weighted by Gasteiger charge is 2.15. The van der Waals surface area contributed by atoms with Crippen molar-refractivity contribution < 1.29 is 4.74 Å². The molecule has 6 nitrogen and oxygen atoms in total. The Morgan fingerprint density at radius 3 is 2.94 bits per heavy atom. The number of nitrogens with two attached hydrogens (primary N) is 1. The van der Waals surface area contributed by atoms with Gasteiger partial charge in [0, 0.05) is 25.4 Å². The van der Waals surface area contributed by atoms with E-state index in [0.29, 0.717) is 24.2 Å². The largest absolute Gasteiger partial charge is 0.481 e. The van der Waals surface area contributed by atoms with Crippen molar-refractivity contribution in [3.63, 3.8) is 0 Å². The topological polar surface area (TPSA) is 76.6 Å². The van der Waals surface area contributed by atoms with E-state index in [1.807, 2.05) is 4.90 Å². The van der Waals surface area contributed by atoms with Crippen molar-refractivity contribution in [3.05, 3.63) is 18.1 Å². The number of aromatic nitrogens is 2. The van der Waals surface area contributed by atoms with Crippen LogP contribution in [-0.4, -0.2) is 41.0 Å². The number of likely N-dealkylation sites (tertiary alicyclic amines) is 1. The normalized spacial score (nSPS) is 14.9. The summed E-state index contributed by atoms with van der Waals surface area (Å²) in [6, 6.07) is 1.70. The van der Waals surface area contributed by atoms with Crippen LogP contribution in [0.5, 0.6) is 5.88 Å². The first-order valence-corrected chi connectivity index (χ1v) is 5.20. The number of aliphatic imine (C=N–C) groups is 1. The van der Waals surface area contributed by atoms with E-state index >= 15 is 0 Å². The fraction of sp³-hybridized carbons (Fsp3) is 0.500. The summed E-state index contributed by atoms with van der Waals surface area (Å²) in [4.78, 5) is 14.5. The summed E-state index contributed by atoms with van der Waals surface area (Å²) in [7, 11) is 1.57. The molecule has 1 aromatic heterocycles. The van der Waals surface area contributed by atoms with Crippen LogP contribution in [0.2, 0.25) is 0 Å². The van der Waals surface area contributed by atoms with E-state index in [9.17, 15) is 0 Å². The lowest BCUT2D eigenvalue weighted by Gasteiger charge is -2.31. The van der Waals surface area contributed by atoms with Crippen LogP contribution in [0.3, 0.4) is 0 Å². The van der Waals surface area contributed by atoms with Crippen LogP contribution in [0.15, 0.2) is 17.3 Å². The van der Waals surface area contributed by atoms with Crippen LogP contribution >= 0.6 is 24.0 Å². The van der Waals surface area contributed by atoms with Crippen molar-refractivity contribution >= 4 is 29.9 Å². The lowest BCUT2D eigenvalue weighted by molar-refractivity contribution is 0.295. The van der Waals surface area contributed by atoms with Crippen LogP contribution in [-0.2, 0) is 6.54 Å². The molecule has 0 atom stereocenters. The molecule has 0 radical (unpaired) electrons. The van der Waals surface area contributed by atoms with Crippen LogP contribution in [0.25, 0.3) is 0 Å². The standard InChI is InChI=1S/C10H15N5O.HI/c1-16-9-3-4-12-8(14-9)7-13-10(11)15-5-2-6-15;/h3-4H,2,5-7H2,1H3,(H2,11,13);1H.